The zero-order valence-electron chi connectivity index (χ0n) is 30.5. The molecule has 0 aliphatic carbocycles. The number of nitrogens with one attached hydrogen (secondary N) is 1. The van der Waals surface area contributed by atoms with Crippen LogP contribution in [0, 0.1) is 18.7 Å². The summed E-state index contributed by atoms with van der Waals surface area (Å²) in [6.07, 6.45) is -3.47. The van der Waals surface area contributed by atoms with Gasteiger partial charge in [0.05, 0.1) is 18.2 Å². The third-order valence-corrected chi connectivity index (χ3v) is 8.69. The molecule has 1 amide bonds. The Morgan fingerprint density at radius 3 is 1.93 bits per heavy atom. The number of amides is 1. The van der Waals surface area contributed by atoms with Crippen molar-refractivity contribution < 1.29 is 50.5 Å². The predicted molar refractivity (Wildman–Crippen MR) is 203 cm³/mol. The second kappa shape index (κ2) is 19.3. The van der Waals surface area contributed by atoms with E-state index >= 15 is 8.78 Å². The Kier molecular flexibility index (Phi) is 14.7. The molecular weight excluding hydrogens is 736 g/mol. The van der Waals surface area contributed by atoms with E-state index in [-0.39, 0.29) is 23.7 Å². The van der Waals surface area contributed by atoms with Gasteiger partial charge in [0, 0.05) is 11.3 Å². The maximum Gasteiger partial charge on any atom is 0.426 e. The minimum Gasteiger partial charge on any atom is -0.483 e. The van der Waals surface area contributed by atoms with E-state index in [4.69, 9.17) is 14.6 Å². The predicted octanol–water partition coefficient (Wildman–Crippen LogP) is 11.5. The van der Waals surface area contributed by atoms with Gasteiger partial charge in [0.25, 0.3) is 6.47 Å². The highest BCUT2D eigenvalue weighted by atomic mass is 19.4. The number of methoxy groups -OCH3 is 1. The molecule has 5 aromatic carbocycles. The SMILES string of the molecule is C=C(NC(=O)OC)c1ccc(CCC(/C=C/c2cc(F)ccc2OC(F)(F)c2ccc(-c3ccc(C(F)(F)F)cc3)cc2)Cc2ccc(C)cc2)cc1.O=CO. The van der Waals surface area contributed by atoms with Crippen LogP contribution in [-0.4, -0.2) is 24.8 Å². The Hall–Kier alpha value is -6.30. The summed E-state index contributed by atoms with van der Waals surface area (Å²) in [7, 11) is 1.27. The smallest absolute Gasteiger partial charge is 0.426 e. The van der Waals surface area contributed by atoms with Crippen LogP contribution in [0.1, 0.15) is 45.4 Å². The second-order valence-electron chi connectivity index (χ2n) is 12.7. The number of allylic oxidation sites excluding steroid dienone is 1. The molecule has 0 aromatic heterocycles. The van der Waals surface area contributed by atoms with Gasteiger partial charge in [-0.3, -0.25) is 10.1 Å². The van der Waals surface area contributed by atoms with Gasteiger partial charge in [-0.25, -0.2) is 9.18 Å². The third kappa shape index (κ3) is 12.4. The summed E-state index contributed by atoms with van der Waals surface area (Å²) in [6.45, 7) is 5.61. The van der Waals surface area contributed by atoms with Crippen LogP contribution in [0.2, 0.25) is 0 Å². The lowest BCUT2D eigenvalue weighted by Crippen LogP contribution is -2.22. The minimum absolute atomic E-state index is 0.0669. The van der Waals surface area contributed by atoms with Crippen LogP contribution >= 0.6 is 0 Å². The van der Waals surface area contributed by atoms with E-state index in [0.717, 1.165) is 64.7 Å². The number of hydrogen-bond acceptors (Lipinski definition) is 4. The average molecular weight is 776 g/mol. The number of halogens is 6. The van der Waals surface area contributed by atoms with E-state index in [1.165, 1.54) is 31.4 Å². The van der Waals surface area contributed by atoms with Crippen LogP contribution in [0.15, 0.2) is 128 Å². The van der Waals surface area contributed by atoms with Gasteiger partial charge in [0.1, 0.15) is 11.6 Å². The number of carbonyl (C=O) groups is 2. The van der Waals surface area contributed by atoms with Gasteiger partial charge < -0.3 is 14.6 Å². The molecule has 292 valence electrons. The van der Waals surface area contributed by atoms with Crippen molar-refractivity contribution >= 4 is 24.3 Å². The molecule has 0 bridgehead atoms. The summed E-state index contributed by atoms with van der Waals surface area (Å²) in [4.78, 5) is 19.9. The molecule has 12 heteroatoms. The average Bonchev–Trinajstić information content (AvgIpc) is 3.17. The monoisotopic (exact) mass is 775 g/mol. The molecule has 0 aliphatic heterocycles. The molecule has 2 N–H and O–H groups in total. The summed E-state index contributed by atoms with van der Waals surface area (Å²) in [6, 6.07) is 28.4. The molecule has 56 heavy (non-hydrogen) atoms. The summed E-state index contributed by atoms with van der Waals surface area (Å²) in [5.41, 5.74) is 4.04. The zero-order valence-corrected chi connectivity index (χ0v) is 30.5. The Morgan fingerprint density at radius 2 is 1.38 bits per heavy atom. The van der Waals surface area contributed by atoms with Crippen LogP contribution in [-0.2, 0) is 34.7 Å². The lowest BCUT2D eigenvalue weighted by molar-refractivity contribution is -0.185. The van der Waals surface area contributed by atoms with E-state index in [2.05, 4.69) is 16.6 Å². The number of aryl methyl sites for hydroxylation is 2. The summed E-state index contributed by atoms with van der Waals surface area (Å²) in [5, 5.41) is 9.44. The van der Waals surface area contributed by atoms with Gasteiger partial charge in [-0.15, -0.1) is 0 Å². The standard InChI is InChI=1S/C43H37F6NO3.CH2O2/c1-28-4-6-31(7-5-28)26-32(9-8-30-10-13-33(14-11-30)29(2)50-41(51)52-3)12-15-36-27-39(44)24-25-40(36)53-43(48,49)38-22-18-35(19-23-38)34-16-20-37(21-17-34)42(45,46)47;2-1-3/h4-7,10-25,27,32H,2,8-9,26H2,1,3H3,(H,50,51);1H,(H,2,3)/b15-12+;. The van der Waals surface area contributed by atoms with Crippen LogP contribution in [0.3, 0.4) is 0 Å². The van der Waals surface area contributed by atoms with Crippen molar-refractivity contribution in [2.24, 2.45) is 5.92 Å². The molecule has 0 saturated heterocycles. The fourth-order valence-electron chi connectivity index (χ4n) is 5.65. The summed E-state index contributed by atoms with van der Waals surface area (Å²) >= 11 is 0. The number of alkyl halides is 5. The molecule has 0 spiro atoms. The topological polar surface area (TPSA) is 84.9 Å². The van der Waals surface area contributed by atoms with Gasteiger partial charge in [-0.05, 0) is 102 Å². The third-order valence-electron chi connectivity index (χ3n) is 8.69. The molecule has 0 saturated carbocycles. The molecule has 5 rings (SSSR count). The fraction of sp³-hybridized carbons (Fsp3) is 0.182. The van der Waals surface area contributed by atoms with Crippen molar-refractivity contribution in [3.8, 4) is 16.9 Å². The quantitative estimate of drug-likeness (QED) is 0.0919. The normalized spacial score (nSPS) is 11.9. The van der Waals surface area contributed by atoms with Crippen molar-refractivity contribution in [3.05, 3.63) is 173 Å². The Bertz CT molecular complexity index is 2100. The van der Waals surface area contributed by atoms with Crippen molar-refractivity contribution in [2.45, 2.75) is 38.5 Å². The first-order chi connectivity index (χ1) is 26.6. The van der Waals surface area contributed by atoms with Gasteiger partial charge >= 0.3 is 18.4 Å². The molecule has 0 aliphatic rings. The number of ether oxygens (including phenoxy) is 2. The maximum atomic E-state index is 15.5. The highest BCUT2D eigenvalue weighted by Crippen LogP contribution is 2.36. The number of hydrogen-bond donors (Lipinski definition) is 2. The highest BCUT2D eigenvalue weighted by Gasteiger charge is 2.35. The molecule has 0 fully saturated rings. The molecule has 0 radical (unpaired) electrons. The zero-order chi connectivity index (χ0) is 40.9. The first-order valence-corrected chi connectivity index (χ1v) is 17.2. The van der Waals surface area contributed by atoms with Crippen LogP contribution < -0.4 is 10.1 Å². The van der Waals surface area contributed by atoms with Crippen molar-refractivity contribution in [1.29, 1.82) is 0 Å². The molecule has 0 heterocycles. The fourth-order valence-corrected chi connectivity index (χ4v) is 5.65. The van der Waals surface area contributed by atoms with E-state index in [9.17, 15) is 22.4 Å². The number of rotatable bonds is 13. The molecule has 5 aromatic rings. The largest absolute Gasteiger partial charge is 0.483 e. The second-order valence-corrected chi connectivity index (χ2v) is 12.7. The Morgan fingerprint density at radius 1 is 0.821 bits per heavy atom. The van der Waals surface area contributed by atoms with Crippen LogP contribution in [0.5, 0.6) is 5.75 Å². The lowest BCUT2D eigenvalue weighted by Gasteiger charge is -2.20. The number of carboxylic acid groups (broad SMARTS) is 1. The summed E-state index contributed by atoms with van der Waals surface area (Å²) < 4.78 is 94.2. The highest BCUT2D eigenvalue weighted by molar-refractivity contribution is 5.80. The van der Waals surface area contributed by atoms with Gasteiger partial charge in [0.2, 0.25) is 0 Å². The van der Waals surface area contributed by atoms with E-state index in [1.807, 2.05) is 61.5 Å². The molecular formula is C44H39F6NO5. The van der Waals surface area contributed by atoms with Crippen LogP contribution in [0.4, 0.5) is 31.1 Å². The Labute approximate surface area is 320 Å². The van der Waals surface area contributed by atoms with E-state index < -0.39 is 35.3 Å². The van der Waals surface area contributed by atoms with Gasteiger partial charge in [0.15, 0.2) is 0 Å². The Balaban J connectivity index is 0.00000225. The van der Waals surface area contributed by atoms with Crippen molar-refractivity contribution in [3.63, 3.8) is 0 Å². The molecule has 1 atom stereocenters. The first kappa shape index (κ1) is 42.4. The van der Waals surface area contributed by atoms with Crippen molar-refractivity contribution in [2.75, 3.05) is 7.11 Å². The molecule has 1 unspecified atom stereocenters. The number of carbonyl (C=O) groups excluding carboxylic acids is 1. The lowest BCUT2D eigenvalue weighted by atomic mass is 9.91. The maximum absolute atomic E-state index is 15.5. The summed E-state index contributed by atoms with van der Waals surface area (Å²) in [5.74, 6) is -0.924. The van der Waals surface area contributed by atoms with Crippen LogP contribution in [0.25, 0.3) is 22.9 Å². The first-order valence-electron chi connectivity index (χ1n) is 17.2. The minimum atomic E-state index is -4.49. The van der Waals surface area contributed by atoms with E-state index in [0.29, 0.717) is 36.1 Å². The van der Waals surface area contributed by atoms with Gasteiger partial charge in [-0.1, -0.05) is 97.1 Å². The van der Waals surface area contributed by atoms with E-state index in [1.54, 1.807) is 6.08 Å². The molecule has 6 nitrogen and oxygen atoms in total. The van der Waals surface area contributed by atoms with Gasteiger partial charge in [-0.2, -0.15) is 22.0 Å². The number of alkyl carbamates (subject to hydrolysis) is 1. The number of benzene rings is 5. The van der Waals surface area contributed by atoms with Crippen molar-refractivity contribution in [1.82, 2.24) is 5.32 Å².